The molecule has 0 spiro atoms. The van der Waals surface area contributed by atoms with Crippen LogP contribution < -0.4 is 10.1 Å². The number of benzene rings is 1. The van der Waals surface area contributed by atoms with Gasteiger partial charge in [0.15, 0.2) is 6.61 Å². The van der Waals surface area contributed by atoms with Crippen molar-refractivity contribution in [3.63, 3.8) is 0 Å². The number of nitrogens with one attached hydrogen (secondary N) is 1. The molecule has 0 atom stereocenters. The molecule has 8 heteroatoms. The van der Waals surface area contributed by atoms with Crippen LogP contribution in [0, 0.1) is 28.3 Å². The number of terminal acetylenes is 1. The molecule has 1 aromatic carbocycles. The Morgan fingerprint density at radius 2 is 2.32 bits per heavy atom. The Morgan fingerprint density at radius 1 is 1.63 bits per heavy atom. The summed E-state index contributed by atoms with van der Waals surface area (Å²) in [6.07, 6.45) is 4.94. The molecule has 1 N–H and O–H groups in total. The number of carbonyl (C=O) groups is 1. The minimum absolute atomic E-state index is 0.0227. The highest BCUT2D eigenvalue weighted by atomic mass is 79.9. The van der Waals surface area contributed by atoms with Gasteiger partial charge >= 0.3 is 5.69 Å². The maximum atomic E-state index is 13.0. The van der Waals surface area contributed by atoms with Crippen molar-refractivity contribution in [2.75, 3.05) is 13.2 Å². The molecular weight excluding hydrogens is 323 g/mol. The molecule has 0 heterocycles. The Kier molecular flexibility index (Phi) is 5.26. The van der Waals surface area contributed by atoms with Crippen molar-refractivity contribution < 1.29 is 18.8 Å². The first-order chi connectivity index (χ1) is 8.95. The molecule has 6 nitrogen and oxygen atoms in total. The van der Waals surface area contributed by atoms with Crippen LogP contribution in [0.15, 0.2) is 16.6 Å². The molecule has 0 unspecified atom stereocenters. The van der Waals surface area contributed by atoms with Crippen molar-refractivity contribution in [3.8, 4) is 18.1 Å². The zero-order chi connectivity index (χ0) is 14.4. The van der Waals surface area contributed by atoms with Gasteiger partial charge in [0.05, 0.1) is 22.0 Å². The summed E-state index contributed by atoms with van der Waals surface area (Å²) in [6.45, 7) is -0.443. The third-order valence-electron chi connectivity index (χ3n) is 1.92. The maximum absolute atomic E-state index is 13.0. The second-order valence-corrected chi connectivity index (χ2v) is 4.12. The molecule has 0 bridgehead atoms. The molecule has 0 aliphatic heterocycles. The summed E-state index contributed by atoms with van der Waals surface area (Å²) in [4.78, 5) is 21.2. The third-order valence-corrected chi connectivity index (χ3v) is 2.51. The van der Waals surface area contributed by atoms with Gasteiger partial charge in [-0.25, -0.2) is 4.39 Å². The van der Waals surface area contributed by atoms with E-state index in [0.717, 1.165) is 6.07 Å². The van der Waals surface area contributed by atoms with Crippen LogP contribution in [-0.2, 0) is 4.79 Å². The fourth-order valence-corrected chi connectivity index (χ4v) is 1.70. The van der Waals surface area contributed by atoms with E-state index in [9.17, 15) is 19.3 Å². The number of nitro groups is 1. The molecule has 0 fully saturated rings. The van der Waals surface area contributed by atoms with E-state index in [-0.39, 0.29) is 16.8 Å². The summed E-state index contributed by atoms with van der Waals surface area (Å²) >= 11 is 2.94. The van der Waals surface area contributed by atoms with E-state index in [2.05, 4.69) is 27.2 Å². The molecule has 0 saturated heterocycles. The summed E-state index contributed by atoms with van der Waals surface area (Å²) in [5.41, 5.74) is -0.573. The van der Waals surface area contributed by atoms with Gasteiger partial charge in [0, 0.05) is 0 Å². The molecule has 0 aliphatic rings. The van der Waals surface area contributed by atoms with Crippen LogP contribution in [0.25, 0.3) is 0 Å². The SMILES string of the molecule is C#CCNC(=O)COc1c(Br)cc(F)cc1[N+](=O)[O-]. The van der Waals surface area contributed by atoms with Gasteiger partial charge < -0.3 is 10.1 Å². The van der Waals surface area contributed by atoms with E-state index in [1.165, 1.54) is 0 Å². The zero-order valence-electron chi connectivity index (χ0n) is 9.48. The maximum Gasteiger partial charge on any atom is 0.315 e. The van der Waals surface area contributed by atoms with Crippen LogP contribution in [0.5, 0.6) is 5.75 Å². The summed E-state index contributed by atoms with van der Waals surface area (Å²) in [5, 5.41) is 13.1. The predicted octanol–water partition coefficient (Wildman–Crippen LogP) is 1.62. The molecule has 1 aromatic rings. The number of carbonyl (C=O) groups excluding carboxylic acids is 1. The lowest BCUT2D eigenvalue weighted by Crippen LogP contribution is -2.29. The molecule has 100 valence electrons. The Bertz CT molecular complexity index is 556. The van der Waals surface area contributed by atoms with E-state index in [1.54, 1.807) is 0 Å². The van der Waals surface area contributed by atoms with Crippen molar-refractivity contribution in [3.05, 3.63) is 32.5 Å². The predicted molar refractivity (Wildman–Crippen MR) is 68.1 cm³/mol. The van der Waals surface area contributed by atoms with Crippen molar-refractivity contribution in [1.82, 2.24) is 5.32 Å². The molecule has 1 rings (SSSR count). The van der Waals surface area contributed by atoms with Gasteiger partial charge in [-0.3, -0.25) is 14.9 Å². The summed E-state index contributed by atoms with van der Waals surface area (Å²) in [5.74, 6) is 0.643. The molecule has 1 amide bonds. The lowest BCUT2D eigenvalue weighted by Gasteiger charge is -2.08. The second-order valence-electron chi connectivity index (χ2n) is 3.26. The van der Waals surface area contributed by atoms with Gasteiger partial charge in [0.25, 0.3) is 5.91 Å². The lowest BCUT2D eigenvalue weighted by atomic mass is 10.3. The van der Waals surface area contributed by atoms with Gasteiger partial charge in [0.2, 0.25) is 5.75 Å². The minimum atomic E-state index is -0.803. The number of hydrogen-bond acceptors (Lipinski definition) is 4. The number of nitrogens with zero attached hydrogens (tertiary/aromatic N) is 1. The standard InChI is InChI=1S/C11H8BrFN2O4/c1-2-3-14-10(16)6-19-11-8(12)4-7(13)5-9(11)15(17)18/h1,4-5H,3,6H2,(H,14,16). The van der Waals surface area contributed by atoms with Crippen molar-refractivity contribution in [2.24, 2.45) is 0 Å². The van der Waals surface area contributed by atoms with Crippen LogP contribution in [0.1, 0.15) is 0 Å². The monoisotopic (exact) mass is 330 g/mol. The molecular formula is C11H8BrFN2O4. The number of ether oxygens (including phenoxy) is 1. The fraction of sp³-hybridized carbons (Fsp3) is 0.182. The first-order valence-corrected chi connectivity index (χ1v) is 5.71. The number of rotatable bonds is 5. The molecule has 0 aromatic heterocycles. The highest BCUT2D eigenvalue weighted by Crippen LogP contribution is 2.35. The van der Waals surface area contributed by atoms with E-state index in [0.29, 0.717) is 6.07 Å². The smallest absolute Gasteiger partial charge is 0.315 e. The Labute approximate surface area is 116 Å². The molecule has 0 aliphatic carbocycles. The van der Waals surface area contributed by atoms with Crippen molar-refractivity contribution >= 4 is 27.5 Å². The van der Waals surface area contributed by atoms with Gasteiger partial charge in [-0.2, -0.15) is 0 Å². The highest BCUT2D eigenvalue weighted by molar-refractivity contribution is 9.10. The lowest BCUT2D eigenvalue weighted by molar-refractivity contribution is -0.386. The fourth-order valence-electron chi connectivity index (χ4n) is 1.16. The first-order valence-electron chi connectivity index (χ1n) is 4.92. The van der Waals surface area contributed by atoms with Crippen LogP contribution >= 0.6 is 15.9 Å². The molecule has 0 saturated carbocycles. The average molecular weight is 331 g/mol. The zero-order valence-corrected chi connectivity index (χ0v) is 11.1. The van der Waals surface area contributed by atoms with E-state index < -0.39 is 28.9 Å². The summed E-state index contributed by atoms with van der Waals surface area (Å²) in [6, 6.07) is 1.71. The Morgan fingerprint density at radius 3 is 2.89 bits per heavy atom. The normalized spacial score (nSPS) is 9.53. The van der Waals surface area contributed by atoms with Crippen LogP contribution in [-0.4, -0.2) is 24.0 Å². The van der Waals surface area contributed by atoms with Gasteiger partial charge in [-0.15, -0.1) is 6.42 Å². The van der Waals surface area contributed by atoms with Crippen LogP contribution in [0.2, 0.25) is 0 Å². The van der Waals surface area contributed by atoms with Crippen LogP contribution in [0.4, 0.5) is 10.1 Å². The Hall–Kier alpha value is -2.14. The Balaban J connectivity index is 2.86. The number of amides is 1. The van der Waals surface area contributed by atoms with Crippen molar-refractivity contribution in [2.45, 2.75) is 0 Å². The average Bonchev–Trinajstić information content (AvgIpc) is 2.34. The van der Waals surface area contributed by atoms with Crippen LogP contribution in [0.3, 0.4) is 0 Å². The third kappa shape index (κ3) is 4.22. The number of nitro benzene ring substituents is 1. The second kappa shape index (κ2) is 6.70. The minimum Gasteiger partial charge on any atom is -0.476 e. The summed E-state index contributed by atoms with van der Waals surface area (Å²) < 4.78 is 18.1. The number of halogens is 2. The summed E-state index contributed by atoms with van der Waals surface area (Å²) in [7, 11) is 0. The van der Waals surface area contributed by atoms with E-state index in [1.807, 2.05) is 0 Å². The van der Waals surface area contributed by atoms with Gasteiger partial charge in [-0.1, -0.05) is 5.92 Å². The highest BCUT2D eigenvalue weighted by Gasteiger charge is 2.21. The molecule has 0 radical (unpaired) electrons. The number of hydrogen-bond donors (Lipinski definition) is 1. The topological polar surface area (TPSA) is 81.5 Å². The molecule has 19 heavy (non-hydrogen) atoms. The first kappa shape index (κ1) is 14.9. The van der Waals surface area contributed by atoms with E-state index in [4.69, 9.17) is 11.2 Å². The van der Waals surface area contributed by atoms with Gasteiger partial charge in [0.1, 0.15) is 5.82 Å². The quantitative estimate of drug-likeness (QED) is 0.505. The van der Waals surface area contributed by atoms with Gasteiger partial charge in [-0.05, 0) is 22.0 Å². The van der Waals surface area contributed by atoms with E-state index >= 15 is 0 Å². The largest absolute Gasteiger partial charge is 0.476 e. The van der Waals surface area contributed by atoms with Crippen molar-refractivity contribution in [1.29, 1.82) is 0 Å².